The lowest BCUT2D eigenvalue weighted by Crippen LogP contribution is -2.55. The number of hydrogen-bond acceptors (Lipinski definition) is 2. The maximum Gasteiger partial charge on any atom is 0.223 e. The van der Waals surface area contributed by atoms with Crippen molar-refractivity contribution in [1.29, 1.82) is 0 Å². The molecule has 2 saturated carbocycles. The minimum absolute atomic E-state index is 0.211. The number of amides is 1. The Morgan fingerprint density at radius 1 is 1.47 bits per heavy atom. The van der Waals surface area contributed by atoms with Crippen LogP contribution in [0.15, 0.2) is 0 Å². The first-order valence-electron chi connectivity index (χ1n) is 5.99. The predicted octanol–water partition coefficient (Wildman–Crippen LogP) is 1.42. The number of hydrogen-bond donors (Lipinski definition) is 2. The van der Waals surface area contributed by atoms with Gasteiger partial charge in [-0.2, -0.15) is 0 Å². The van der Waals surface area contributed by atoms with E-state index < -0.39 is 0 Å². The minimum Gasteiger partial charge on any atom is -0.350 e. The van der Waals surface area contributed by atoms with E-state index in [1.165, 1.54) is 19.3 Å². The maximum absolute atomic E-state index is 11.9. The van der Waals surface area contributed by atoms with Crippen LogP contribution in [0, 0.1) is 11.3 Å². The zero-order valence-electron chi connectivity index (χ0n) is 9.81. The topological polar surface area (TPSA) is 55.1 Å². The van der Waals surface area contributed by atoms with E-state index in [1.807, 2.05) is 13.8 Å². The molecule has 86 valence electrons. The summed E-state index contributed by atoms with van der Waals surface area (Å²) in [5.74, 6) is 0.471. The van der Waals surface area contributed by atoms with Crippen molar-refractivity contribution in [3.8, 4) is 0 Å². The van der Waals surface area contributed by atoms with Crippen molar-refractivity contribution in [3.63, 3.8) is 0 Å². The molecular weight excluding hydrogens is 188 g/mol. The van der Waals surface area contributed by atoms with Gasteiger partial charge in [0.05, 0.1) is 0 Å². The van der Waals surface area contributed by atoms with E-state index in [2.05, 4.69) is 5.32 Å². The molecule has 0 saturated heterocycles. The fourth-order valence-corrected chi connectivity index (χ4v) is 2.74. The molecule has 0 aliphatic heterocycles. The van der Waals surface area contributed by atoms with Crippen LogP contribution in [-0.2, 0) is 4.79 Å². The zero-order valence-corrected chi connectivity index (χ0v) is 9.81. The molecule has 2 fully saturated rings. The summed E-state index contributed by atoms with van der Waals surface area (Å²) in [5.41, 5.74) is 5.92. The van der Waals surface area contributed by atoms with Crippen molar-refractivity contribution in [3.05, 3.63) is 0 Å². The average Bonchev–Trinajstić information content (AvgIpc) is 1.98. The molecule has 0 radical (unpaired) electrons. The first-order chi connectivity index (χ1) is 6.96. The number of rotatable bonds is 3. The third-order valence-electron chi connectivity index (χ3n) is 4.12. The Labute approximate surface area is 91.8 Å². The van der Waals surface area contributed by atoms with Crippen LogP contribution >= 0.6 is 0 Å². The zero-order chi connectivity index (χ0) is 11.1. The van der Waals surface area contributed by atoms with E-state index in [4.69, 9.17) is 5.73 Å². The third-order valence-corrected chi connectivity index (χ3v) is 4.12. The van der Waals surface area contributed by atoms with E-state index in [0.29, 0.717) is 12.0 Å². The van der Waals surface area contributed by atoms with Crippen LogP contribution in [0.1, 0.15) is 46.0 Å². The Kier molecular flexibility index (Phi) is 2.53. The van der Waals surface area contributed by atoms with E-state index in [9.17, 15) is 4.79 Å². The van der Waals surface area contributed by atoms with E-state index >= 15 is 0 Å². The molecule has 2 aliphatic rings. The van der Waals surface area contributed by atoms with Crippen LogP contribution in [0.2, 0.25) is 0 Å². The molecule has 3 nitrogen and oxygen atoms in total. The Hall–Kier alpha value is -0.570. The maximum atomic E-state index is 11.9. The standard InChI is InChI=1S/C12H22N2O/c1-11(2,8-13)14-10(15)9-6-12(7-9)4-3-5-12/h9H,3-8,13H2,1-2H3,(H,14,15). The molecule has 2 aliphatic carbocycles. The highest BCUT2D eigenvalue weighted by Gasteiger charge is 2.50. The fourth-order valence-electron chi connectivity index (χ4n) is 2.74. The molecule has 0 bridgehead atoms. The van der Waals surface area contributed by atoms with Gasteiger partial charge in [0.15, 0.2) is 0 Å². The van der Waals surface area contributed by atoms with Crippen molar-refractivity contribution in [1.82, 2.24) is 5.32 Å². The van der Waals surface area contributed by atoms with Crippen LogP contribution in [-0.4, -0.2) is 18.0 Å². The fraction of sp³-hybridized carbons (Fsp3) is 0.917. The van der Waals surface area contributed by atoms with Crippen LogP contribution < -0.4 is 11.1 Å². The number of nitrogens with two attached hydrogens (primary N) is 1. The smallest absolute Gasteiger partial charge is 0.223 e. The minimum atomic E-state index is -0.251. The first-order valence-corrected chi connectivity index (χ1v) is 5.99. The van der Waals surface area contributed by atoms with Gasteiger partial charge in [-0.05, 0) is 44.9 Å². The SMILES string of the molecule is CC(C)(CN)NC(=O)C1CC2(CCC2)C1. The summed E-state index contributed by atoms with van der Waals surface area (Å²) in [6.07, 6.45) is 6.27. The van der Waals surface area contributed by atoms with Gasteiger partial charge < -0.3 is 11.1 Å². The van der Waals surface area contributed by atoms with Gasteiger partial charge in [-0.3, -0.25) is 4.79 Å². The molecule has 0 unspecified atom stereocenters. The van der Waals surface area contributed by atoms with Gasteiger partial charge in [0.25, 0.3) is 0 Å². The lowest BCUT2D eigenvalue weighted by Gasteiger charge is -2.53. The van der Waals surface area contributed by atoms with Gasteiger partial charge in [0, 0.05) is 18.0 Å². The number of carbonyl (C=O) groups excluding carboxylic acids is 1. The quantitative estimate of drug-likeness (QED) is 0.740. The van der Waals surface area contributed by atoms with Gasteiger partial charge >= 0.3 is 0 Å². The molecule has 0 heterocycles. The summed E-state index contributed by atoms with van der Waals surface area (Å²) >= 11 is 0. The summed E-state index contributed by atoms with van der Waals surface area (Å²) in [5, 5.41) is 3.03. The molecule has 3 N–H and O–H groups in total. The third kappa shape index (κ3) is 2.03. The second-order valence-corrected chi connectivity index (χ2v) is 6.04. The average molecular weight is 210 g/mol. The van der Waals surface area contributed by atoms with Crippen LogP contribution in [0.25, 0.3) is 0 Å². The van der Waals surface area contributed by atoms with Gasteiger partial charge in [0.2, 0.25) is 5.91 Å². The summed E-state index contributed by atoms with van der Waals surface area (Å²) in [6.45, 7) is 4.45. The Morgan fingerprint density at radius 2 is 2.07 bits per heavy atom. The highest BCUT2D eigenvalue weighted by atomic mass is 16.2. The Bertz CT molecular complexity index is 261. The molecule has 0 atom stereocenters. The van der Waals surface area contributed by atoms with Gasteiger partial charge in [-0.25, -0.2) is 0 Å². The van der Waals surface area contributed by atoms with Crippen LogP contribution in [0.5, 0.6) is 0 Å². The second kappa shape index (κ2) is 3.48. The second-order valence-electron chi connectivity index (χ2n) is 6.04. The summed E-state index contributed by atoms with van der Waals surface area (Å²) < 4.78 is 0. The molecule has 1 spiro atoms. The number of carbonyl (C=O) groups is 1. The highest BCUT2D eigenvalue weighted by Crippen LogP contribution is 2.58. The van der Waals surface area contributed by atoms with E-state index in [-0.39, 0.29) is 17.4 Å². The monoisotopic (exact) mass is 210 g/mol. The Balaban J connectivity index is 1.79. The normalized spacial score (nSPS) is 24.5. The van der Waals surface area contributed by atoms with Gasteiger partial charge in [-0.15, -0.1) is 0 Å². The van der Waals surface area contributed by atoms with Gasteiger partial charge in [0.1, 0.15) is 0 Å². The summed E-state index contributed by atoms with van der Waals surface area (Å²) in [4.78, 5) is 11.9. The number of nitrogens with one attached hydrogen (secondary N) is 1. The molecule has 2 rings (SSSR count). The van der Waals surface area contributed by atoms with Crippen molar-refractivity contribution in [2.45, 2.75) is 51.5 Å². The van der Waals surface area contributed by atoms with Gasteiger partial charge in [-0.1, -0.05) is 6.42 Å². The van der Waals surface area contributed by atoms with E-state index in [1.54, 1.807) is 0 Å². The Morgan fingerprint density at radius 3 is 2.47 bits per heavy atom. The summed E-state index contributed by atoms with van der Waals surface area (Å²) in [6, 6.07) is 0. The molecule has 0 aromatic heterocycles. The molecule has 0 aromatic carbocycles. The van der Waals surface area contributed by atoms with Crippen LogP contribution in [0.4, 0.5) is 0 Å². The molecule has 3 heteroatoms. The summed E-state index contributed by atoms with van der Waals surface area (Å²) in [7, 11) is 0. The lowest BCUT2D eigenvalue weighted by molar-refractivity contribution is -0.138. The van der Waals surface area contributed by atoms with E-state index in [0.717, 1.165) is 12.8 Å². The van der Waals surface area contributed by atoms with Crippen molar-refractivity contribution in [2.75, 3.05) is 6.54 Å². The molecular formula is C12H22N2O. The highest BCUT2D eigenvalue weighted by molar-refractivity contribution is 5.80. The molecule has 15 heavy (non-hydrogen) atoms. The van der Waals surface area contributed by atoms with Crippen molar-refractivity contribution < 1.29 is 4.79 Å². The molecule has 1 amide bonds. The van der Waals surface area contributed by atoms with Crippen molar-refractivity contribution >= 4 is 5.91 Å². The van der Waals surface area contributed by atoms with Crippen molar-refractivity contribution in [2.24, 2.45) is 17.1 Å². The lowest BCUT2D eigenvalue weighted by atomic mass is 9.51. The largest absolute Gasteiger partial charge is 0.350 e. The predicted molar refractivity (Wildman–Crippen MR) is 60.3 cm³/mol. The van der Waals surface area contributed by atoms with Crippen LogP contribution in [0.3, 0.4) is 0 Å². The molecule has 0 aromatic rings. The first kappa shape index (κ1) is 10.9.